The minimum Gasteiger partial charge on any atom is -0.293 e. The molecule has 0 aliphatic rings. The lowest BCUT2D eigenvalue weighted by Crippen LogP contribution is -2.12. The summed E-state index contributed by atoms with van der Waals surface area (Å²) in [7, 11) is 0. The van der Waals surface area contributed by atoms with Gasteiger partial charge in [0.2, 0.25) is 0 Å². The van der Waals surface area contributed by atoms with Crippen molar-refractivity contribution in [3.05, 3.63) is 35.1 Å². The number of hydrogen-bond acceptors (Lipinski definition) is 1. The van der Waals surface area contributed by atoms with E-state index in [1.54, 1.807) is 0 Å². The van der Waals surface area contributed by atoms with Crippen LogP contribution >= 0.6 is 0 Å². The van der Waals surface area contributed by atoms with Crippen molar-refractivity contribution in [1.82, 2.24) is 0 Å². The SMILES string of the molecule is C#CCC(=O)c1cccc(C(F)(F)F)c1F. The van der Waals surface area contributed by atoms with Gasteiger partial charge in [-0.3, -0.25) is 4.79 Å². The number of rotatable bonds is 2. The zero-order chi connectivity index (χ0) is 12.3. The Labute approximate surface area is 89.1 Å². The molecule has 16 heavy (non-hydrogen) atoms. The Morgan fingerprint density at radius 1 is 1.38 bits per heavy atom. The van der Waals surface area contributed by atoms with Crippen LogP contribution in [0.25, 0.3) is 0 Å². The molecule has 0 aliphatic carbocycles. The third-order valence-corrected chi connectivity index (χ3v) is 1.87. The van der Waals surface area contributed by atoms with Gasteiger partial charge in [0.25, 0.3) is 0 Å². The Balaban J connectivity index is 3.26. The van der Waals surface area contributed by atoms with E-state index in [9.17, 15) is 22.4 Å². The van der Waals surface area contributed by atoms with Crippen LogP contribution in [0, 0.1) is 18.2 Å². The van der Waals surface area contributed by atoms with Crippen molar-refractivity contribution in [3.8, 4) is 12.3 Å². The molecular weight excluding hydrogens is 224 g/mol. The van der Waals surface area contributed by atoms with E-state index in [2.05, 4.69) is 0 Å². The van der Waals surface area contributed by atoms with Gasteiger partial charge < -0.3 is 0 Å². The fourth-order valence-electron chi connectivity index (χ4n) is 1.15. The number of terminal acetylenes is 1. The fourth-order valence-corrected chi connectivity index (χ4v) is 1.15. The van der Waals surface area contributed by atoms with Gasteiger partial charge in [-0.15, -0.1) is 6.42 Å². The average Bonchev–Trinajstić information content (AvgIpc) is 2.16. The Hall–Kier alpha value is -1.83. The van der Waals surface area contributed by atoms with Crippen molar-refractivity contribution in [2.24, 2.45) is 0 Å². The summed E-state index contributed by atoms with van der Waals surface area (Å²) in [6.07, 6.45) is -0.430. The highest BCUT2D eigenvalue weighted by molar-refractivity contribution is 5.97. The number of carbonyl (C=O) groups excluding carboxylic acids is 1. The predicted molar refractivity (Wildman–Crippen MR) is 49.2 cm³/mol. The van der Waals surface area contributed by atoms with Crippen molar-refractivity contribution < 1.29 is 22.4 Å². The highest BCUT2D eigenvalue weighted by atomic mass is 19.4. The van der Waals surface area contributed by atoms with Gasteiger partial charge in [0.15, 0.2) is 5.78 Å². The standard InChI is InChI=1S/C11H6F4O/c1-2-4-9(16)7-5-3-6-8(10(7)12)11(13,14)15/h1,3,5-6H,4H2. The molecule has 0 unspecified atom stereocenters. The van der Waals surface area contributed by atoms with Gasteiger partial charge in [-0.25, -0.2) is 4.39 Å². The molecule has 0 saturated heterocycles. The summed E-state index contributed by atoms with van der Waals surface area (Å²) in [5.74, 6) is -0.461. The van der Waals surface area contributed by atoms with Gasteiger partial charge in [-0.05, 0) is 12.1 Å². The number of halogens is 4. The lowest BCUT2D eigenvalue weighted by molar-refractivity contribution is -0.140. The molecule has 0 heterocycles. The third-order valence-electron chi connectivity index (χ3n) is 1.87. The molecule has 0 spiro atoms. The minimum atomic E-state index is -4.82. The molecule has 1 aromatic rings. The summed E-state index contributed by atoms with van der Waals surface area (Å²) in [4.78, 5) is 11.2. The fraction of sp³-hybridized carbons (Fsp3) is 0.182. The van der Waals surface area contributed by atoms with Crippen LogP contribution in [0.4, 0.5) is 17.6 Å². The van der Waals surface area contributed by atoms with Crippen LogP contribution in [-0.4, -0.2) is 5.78 Å². The zero-order valence-corrected chi connectivity index (χ0v) is 7.94. The zero-order valence-electron chi connectivity index (χ0n) is 7.94. The van der Waals surface area contributed by atoms with Crippen molar-refractivity contribution in [1.29, 1.82) is 0 Å². The van der Waals surface area contributed by atoms with Gasteiger partial charge in [0.05, 0.1) is 17.5 Å². The van der Waals surface area contributed by atoms with Crippen molar-refractivity contribution >= 4 is 5.78 Å². The minimum absolute atomic E-state index is 0.432. The summed E-state index contributed by atoms with van der Waals surface area (Å²) in [5.41, 5.74) is -2.09. The highest BCUT2D eigenvalue weighted by Gasteiger charge is 2.35. The van der Waals surface area contributed by atoms with Crippen LogP contribution in [0.15, 0.2) is 18.2 Å². The molecule has 1 rings (SSSR count). The smallest absolute Gasteiger partial charge is 0.293 e. The number of carbonyl (C=O) groups is 1. The Morgan fingerprint density at radius 2 is 2.00 bits per heavy atom. The molecular formula is C11H6F4O. The topological polar surface area (TPSA) is 17.1 Å². The van der Waals surface area contributed by atoms with Gasteiger partial charge in [-0.1, -0.05) is 12.0 Å². The van der Waals surface area contributed by atoms with E-state index in [0.29, 0.717) is 6.07 Å². The van der Waals surface area contributed by atoms with Gasteiger partial charge in [0, 0.05) is 0 Å². The molecule has 0 atom stereocenters. The second-order valence-electron chi connectivity index (χ2n) is 2.97. The van der Waals surface area contributed by atoms with E-state index >= 15 is 0 Å². The van der Waals surface area contributed by atoms with Crippen LogP contribution in [0.3, 0.4) is 0 Å². The molecule has 0 aromatic heterocycles. The second kappa shape index (κ2) is 4.35. The Kier molecular flexibility index (Phi) is 3.33. The molecule has 0 bridgehead atoms. The Morgan fingerprint density at radius 3 is 2.50 bits per heavy atom. The highest BCUT2D eigenvalue weighted by Crippen LogP contribution is 2.32. The molecule has 5 heteroatoms. The van der Waals surface area contributed by atoms with E-state index in [-0.39, 0.29) is 0 Å². The van der Waals surface area contributed by atoms with Crippen molar-refractivity contribution in [3.63, 3.8) is 0 Å². The lowest BCUT2D eigenvalue weighted by atomic mass is 10.0. The van der Waals surface area contributed by atoms with Gasteiger partial charge in [0.1, 0.15) is 5.82 Å². The van der Waals surface area contributed by atoms with Crippen LogP contribution in [-0.2, 0) is 6.18 Å². The van der Waals surface area contributed by atoms with E-state index in [1.807, 2.05) is 5.92 Å². The molecule has 84 valence electrons. The van der Waals surface area contributed by atoms with E-state index < -0.39 is 35.3 Å². The summed E-state index contributed by atoms with van der Waals surface area (Å²) in [6.45, 7) is 0. The Bertz CT molecular complexity index is 454. The maximum Gasteiger partial charge on any atom is 0.419 e. The summed E-state index contributed by atoms with van der Waals surface area (Å²) >= 11 is 0. The first-order chi connectivity index (χ1) is 7.38. The monoisotopic (exact) mass is 230 g/mol. The molecule has 1 nitrogen and oxygen atoms in total. The summed E-state index contributed by atoms with van der Waals surface area (Å²) in [6, 6.07) is 2.52. The van der Waals surface area contributed by atoms with Crippen LogP contribution in [0.5, 0.6) is 0 Å². The van der Waals surface area contributed by atoms with E-state index in [4.69, 9.17) is 6.42 Å². The first-order valence-electron chi connectivity index (χ1n) is 4.20. The number of benzene rings is 1. The van der Waals surface area contributed by atoms with Crippen LogP contribution in [0.2, 0.25) is 0 Å². The normalized spacial score (nSPS) is 10.9. The maximum absolute atomic E-state index is 13.3. The number of alkyl halides is 3. The predicted octanol–water partition coefficient (Wildman–Crippen LogP) is 3.05. The summed E-state index contributed by atoms with van der Waals surface area (Å²) < 4.78 is 50.2. The second-order valence-corrected chi connectivity index (χ2v) is 2.97. The number of ketones is 1. The summed E-state index contributed by atoms with van der Waals surface area (Å²) in [5, 5.41) is 0. The van der Waals surface area contributed by atoms with Crippen LogP contribution < -0.4 is 0 Å². The van der Waals surface area contributed by atoms with Gasteiger partial charge in [-0.2, -0.15) is 13.2 Å². The van der Waals surface area contributed by atoms with E-state index in [0.717, 1.165) is 12.1 Å². The quantitative estimate of drug-likeness (QED) is 0.433. The molecule has 0 radical (unpaired) electrons. The first-order valence-corrected chi connectivity index (χ1v) is 4.20. The van der Waals surface area contributed by atoms with Gasteiger partial charge >= 0.3 is 6.18 Å². The molecule has 0 amide bonds. The molecule has 0 fully saturated rings. The number of Topliss-reactive ketones (excluding diaryl/α,β-unsaturated/α-hetero) is 1. The first kappa shape index (κ1) is 12.2. The van der Waals surface area contributed by atoms with Crippen molar-refractivity contribution in [2.75, 3.05) is 0 Å². The third kappa shape index (κ3) is 2.40. The van der Waals surface area contributed by atoms with Crippen LogP contribution in [0.1, 0.15) is 22.3 Å². The maximum atomic E-state index is 13.3. The molecule has 0 saturated carbocycles. The number of hydrogen-bond donors (Lipinski definition) is 0. The average molecular weight is 230 g/mol. The molecule has 1 aromatic carbocycles. The van der Waals surface area contributed by atoms with Crippen molar-refractivity contribution in [2.45, 2.75) is 12.6 Å². The molecule has 0 N–H and O–H groups in total. The lowest BCUT2D eigenvalue weighted by Gasteiger charge is -2.09. The molecule has 0 aliphatic heterocycles. The van der Waals surface area contributed by atoms with E-state index in [1.165, 1.54) is 0 Å². The largest absolute Gasteiger partial charge is 0.419 e.